The first-order chi connectivity index (χ1) is 12.3. The van der Waals surface area contributed by atoms with Crippen LogP contribution in [0.1, 0.15) is 37.7 Å². The summed E-state index contributed by atoms with van der Waals surface area (Å²) in [6.07, 6.45) is 8.86. The fourth-order valence-electron chi connectivity index (χ4n) is 2.71. The normalized spacial score (nSPS) is 16.7. The fourth-order valence-corrected chi connectivity index (χ4v) is 5.73. The molecule has 1 N–H and O–H groups in total. The van der Waals surface area contributed by atoms with E-state index in [1.54, 1.807) is 12.4 Å². The van der Waals surface area contributed by atoms with Gasteiger partial charge in [-0.3, -0.25) is 14.8 Å². The molecule has 0 aliphatic carbocycles. The molecule has 3 rings (SSSR count). The minimum atomic E-state index is 0.127. The van der Waals surface area contributed by atoms with Crippen molar-refractivity contribution in [1.29, 1.82) is 0 Å². The van der Waals surface area contributed by atoms with Crippen molar-refractivity contribution in [2.75, 3.05) is 5.75 Å². The molecule has 1 atom stereocenters. The van der Waals surface area contributed by atoms with E-state index in [2.05, 4.69) is 15.3 Å². The first-order valence-electron chi connectivity index (χ1n) is 8.72. The van der Waals surface area contributed by atoms with E-state index in [9.17, 15) is 4.79 Å². The third kappa shape index (κ3) is 6.04. The summed E-state index contributed by atoms with van der Waals surface area (Å²) in [7, 11) is 3.99. The Balaban J connectivity index is 1.35. The van der Waals surface area contributed by atoms with Gasteiger partial charge < -0.3 is 5.32 Å². The van der Waals surface area contributed by atoms with Crippen LogP contribution in [0.4, 0.5) is 0 Å². The number of hydrogen-bond acceptors (Lipinski definition) is 5. The summed E-state index contributed by atoms with van der Waals surface area (Å²) >= 11 is 0. The molecule has 0 radical (unpaired) electrons. The number of rotatable bonds is 8. The molecule has 4 nitrogen and oxygen atoms in total. The quantitative estimate of drug-likeness (QED) is 0.546. The molecule has 0 spiro atoms. The predicted molar refractivity (Wildman–Crippen MR) is 106 cm³/mol. The zero-order valence-corrected chi connectivity index (χ0v) is 15.8. The summed E-state index contributed by atoms with van der Waals surface area (Å²) in [5.41, 5.74) is 2.71. The zero-order chi connectivity index (χ0) is 17.3. The van der Waals surface area contributed by atoms with Crippen molar-refractivity contribution in [1.82, 2.24) is 15.3 Å². The molecule has 1 aliphatic rings. The molecule has 2 aromatic rings. The van der Waals surface area contributed by atoms with Crippen molar-refractivity contribution in [3.05, 3.63) is 48.3 Å². The maximum atomic E-state index is 12.0. The highest BCUT2D eigenvalue weighted by atomic mass is 33.1. The van der Waals surface area contributed by atoms with Crippen LogP contribution in [0.25, 0.3) is 11.4 Å². The van der Waals surface area contributed by atoms with Gasteiger partial charge in [0.15, 0.2) is 0 Å². The van der Waals surface area contributed by atoms with Crippen LogP contribution in [-0.4, -0.2) is 26.9 Å². The summed E-state index contributed by atoms with van der Waals surface area (Å²) in [6, 6.07) is 9.71. The fraction of sp³-hybridized carbons (Fsp3) is 0.421. The van der Waals surface area contributed by atoms with Crippen molar-refractivity contribution < 1.29 is 4.79 Å². The predicted octanol–water partition coefficient (Wildman–Crippen LogP) is 4.47. The van der Waals surface area contributed by atoms with Crippen LogP contribution >= 0.6 is 21.6 Å². The Bertz CT molecular complexity index is 658. The van der Waals surface area contributed by atoms with Crippen LogP contribution in [0.3, 0.4) is 0 Å². The molecule has 0 saturated carbocycles. The van der Waals surface area contributed by atoms with Gasteiger partial charge in [-0.15, -0.1) is 0 Å². The van der Waals surface area contributed by atoms with Crippen molar-refractivity contribution in [2.24, 2.45) is 0 Å². The molecule has 1 fully saturated rings. The molecule has 0 bridgehead atoms. The molecule has 1 saturated heterocycles. The van der Waals surface area contributed by atoms with E-state index in [1.807, 2.05) is 51.9 Å². The van der Waals surface area contributed by atoms with Gasteiger partial charge >= 0.3 is 0 Å². The highest BCUT2D eigenvalue weighted by Crippen LogP contribution is 2.39. The first kappa shape index (κ1) is 18.3. The Kier molecular flexibility index (Phi) is 7.18. The number of nitrogens with zero attached hydrogens (tertiary/aromatic N) is 2. The van der Waals surface area contributed by atoms with Crippen LogP contribution in [0.5, 0.6) is 0 Å². The van der Waals surface area contributed by atoms with Gasteiger partial charge in [0.2, 0.25) is 5.91 Å². The third-order valence-corrected chi connectivity index (χ3v) is 7.16. The number of hydrogen-bond donors (Lipinski definition) is 1. The maximum absolute atomic E-state index is 12.0. The number of aromatic nitrogens is 2. The van der Waals surface area contributed by atoms with Gasteiger partial charge in [-0.25, -0.2) is 0 Å². The first-order valence-corrected chi connectivity index (χ1v) is 11.1. The molecule has 0 aromatic carbocycles. The number of nitrogens with one attached hydrogen (secondary N) is 1. The second-order valence-electron chi connectivity index (χ2n) is 6.12. The Morgan fingerprint density at radius 1 is 1.16 bits per heavy atom. The lowest BCUT2D eigenvalue weighted by molar-refractivity contribution is -0.121. The van der Waals surface area contributed by atoms with E-state index < -0.39 is 0 Å². The Labute approximate surface area is 157 Å². The second kappa shape index (κ2) is 9.82. The summed E-state index contributed by atoms with van der Waals surface area (Å²) in [4.78, 5) is 20.7. The highest BCUT2D eigenvalue weighted by Gasteiger charge is 2.15. The van der Waals surface area contributed by atoms with Crippen LogP contribution in [0, 0.1) is 0 Å². The molecule has 1 amide bonds. The summed E-state index contributed by atoms with van der Waals surface area (Å²) < 4.78 is 0. The van der Waals surface area contributed by atoms with Crippen molar-refractivity contribution in [3.63, 3.8) is 0 Å². The van der Waals surface area contributed by atoms with Crippen molar-refractivity contribution in [3.8, 4) is 11.4 Å². The van der Waals surface area contributed by atoms with Crippen LogP contribution in [0.2, 0.25) is 0 Å². The number of amides is 1. The number of unbranched alkanes of at least 4 members (excludes halogenated alkanes) is 1. The lowest BCUT2D eigenvalue weighted by Crippen LogP contribution is -2.22. The van der Waals surface area contributed by atoms with Gasteiger partial charge in [-0.05, 0) is 43.0 Å². The van der Waals surface area contributed by atoms with Gasteiger partial charge in [0.25, 0.3) is 0 Å². The van der Waals surface area contributed by atoms with E-state index >= 15 is 0 Å². The minimum Gasteiger partial charge on any atom is -0.352 e. The SMILES string of the molecule is O=C(CCCCC1CCSS1)NCc1ccc(-c2ccccn2)nc1. The Hall–Kier alpha value is -1.53. The lowest BCUT2D eigenvalue weighted by Gasteiger charge is -2.08. The molecule has 3 heterocycles. The number of carbonyl (C=O) groups excluding carboxylic acids is 1. The summed E-state index contributed by atoms with van der Waals surface area (Å²) in [5.74, 6) is 1.41. The van der Waals surface area contributed by atoms with Crippen LogP contribution < -0.4 is 5.32 Å². The molecule has 25 heavy (non-hydrogen) atoms. The van der Waals surface area contributed by atoms with Gasteiger partial charge in [0.05, 0.1) is 11.4 Å². The van der Waals surface area contributed by atoms with Crippen molar-refractivity contribution in [2.45, 2.75) is 43.9 Å². The molecule has 1 unspecified atom stereocenters. The molecular weight excluding hydrogens is 350 g/mol. The lowest BCUT2D eigenvalue weighted by atomic mass is 10.1. The van der Waals surface area contributed by atoms with E-state index in [-0.39, 0.29) is 5.91 Å². The van der Waals surface area contributed by atoms with Gasteiger partial charge in [0.1, 0.15) is 0 Å². The average Bonchev–Trinajstić information content (AvgIpc) is 3.18. The topological polar surface area (TPSA) is 54.9 Å². The maximum Gasteiger partial charge on any atom is 0.220 e. The molecule has 132 valence electrons. The van der Waals surface area contributed by atoms with Gasteiger partial charge in [-0.1, -0.05) is 40.1 Å². The molecule has 6 heteroatoms. The Morgan fingerprint density at radius 2 is 2.08 bits per heavy atom. The van der Waals surface area contributed by atoms with E-state index in [1.165, 1.54) is 18.6 Å². The van der Waals surface area contributed by atoms with Crippen LogP contribution in [0.15, 0.2) is 42.7 Å². The summed E-state index contributed by atoms with van der Waals surface area (Å²) in [5, 5.41) is 3.79. The zero-order valence-electron chi connectivity index (χ0n) is 14.2. The Morgan fingerprint density at radius 3 is 2.80 bits per heavy atom. The second-order valence-corrected chi connectivity index (χ2v) is 8.91. The highest BCUT2D eigenvalue weighted by molar-refractivity contribution is 8.77. The number of pyridine rings is 2. The summed E-state index contributed by atoms with van der Waals surface area (Å²) in [6.45, 7) is 0.531. The van der Waals surface area contributed by atoms with E-state index in [4.69, 9.17) is 0 Å². The molecular formula is C19H23N3OS2. The third-order valence-electron chi connectivity index (χ3n) is 4.15. The largest absolute Gasteiger partial charge is 0.352 e. The smallest absolute Gasteiger partial charge is 0.220 e. The van der Waals surface area contributed by atoms with E-state index in [0.29, 0.717) is 13.0 Å². The molecule has 1 aliphatic heterocycles. The molecule has 2 aromatic heterocycles. The van der Waals surface area contributed by atoms with Gasteiger partial charge in [0, 0.05) is 36.4 Å². The standard InChI is InChI=1S/C19H23N3OS2/c23-19(7-2-1-5-16-10-12-24-25-16)22-14-15-8-9-18(21-13-15)17-6-3-4-11-20-17/h3-4,6,8-9,11,13,16H,1-2,5,7,10,12,14H2,(H,22,23). The van der Waals surface area contributed by atoms with E-state index in [0.717, 1.165) is 35.0 Å². The minimum absolute atomic E-state index is 0.127. The van der Waals surface area contributed by atoms with Crippen LogP contribution in [-0.2, 0) is 11.3 Å². The van der Waals surface area contributed by atoms with Crippen molar-refractivity contribution >= 4 is 27.5 Å². The average molecular weight is 374 g/mol. The number of carbonyl (C=O) groups is 1. The monoisotopic (exact) mass is 373 g/mol. The van der Waals surface area contributed by atoms with Gasteiger partial charge in [-0.2, -0.15) is 0 Å².